The normalized spacial score (nSPS) is 16.6. The first kappa shape index (κ1) is 21.3. The Bertz CT molecular complexity index is 961. The molecule has 31 heavy (non-hydrogen) atoms. The predicted molar refractivity (Wildman–Crippen MR) is 127 cm³/mol. The molecule has 3 aromatic rings. The van der Waals surface area contributed by atoms with Gasteiger partial charge in [0, 0.05) is 26.2 Å². The van der Waals surface area contributed by atoms with E-state index in [9.17, 15) is 4.79 Å². The summed E-state index contributed by atoms with van der Waals surface area (Å²) >= 11 is 0. The van der Waals surface area contributed by atoms with Crippen LogP contribution in [0.5, 0.6) is 0 Å². The van der Waals surface area contributed by atoms with Crippen molar-refractivity contribution in [3.63, 3.8) is 0 Å². The van der Waals surface area contributed by atoms with Crippen molar-refractivity contribution < 1.29 is 4.79 Å². The zero-order valence-electron chi connectivity index (χ0n) is 18.6. The average molecular weight is 413 g/mol. The molecule has 160 valence electrons. The number of piperazine rings is 1. The van der Waals surface area contributed by atoms with E-state index in [1.54, 1.807) is 0 Å². The van der Waals surface area contributed by atoms with Crippen LogP contribution in [0, 0.1) is 6.92 Å². The highest BCUT2D eigenvalue weighted by molar-refractivity contribution is 5.83. The van der Waals surface area contributed by atoms with Crippen molar-refractivity contribution in [1.29, 1.82) is 0 Å². The lowest BCUT2D eigenvalue weighted by atomic mass is 9.94. The third-order valence-electron chi connectivity index (χ3n) is 6.41. The first-order valence-corrected chi connectivity index (χ1v) is 11.4. The molecule has 0 radical (unpaired) electrons. The van der Waals surface area contributed by atoms with Crippen molar-refractivity contribution in [1.82, 2.24) is 9.80 Å². The van der Waals surface area contributed by atoms with Crippen LogP contribution in [0.25, 0.3) is 0 Å². The molecule has 3 heteroatoms. The highest BCUT2D eigenvalue weighted by Gasteiger charge is 2.31. The Hall–Kier alpha value is -2.91. The molecule has 0 N–H and O–H groups in total. The Kier molecular flexibility index (Phi) is 6.83. The topological polar surface area (TPSA) is 23.6 Å². The second-order valence-corrected chi connectivity index (χ2v) is 8.46. The van der Waals surface area contributed by atoms with Crippen molar-refractivity contribution in [2.24, 2.45) is 0 Å². The maximum Gasteiger partial charge on any atom is 0.230 e. The molecule has 1 fully saturated rings. The molecule has 1 saturated heterocycles. The van der Waals surface area contributed by atoms with Gasteiger partial charge in [-0.3, -0.25) is 9.69 Å². The van der Waals surface area contributed by atoms with Crippen LogP contribution in [0.4, 0.5) is 0 Å². The summed E-state index contributed by atoms with van der Waals surface area (Å²) in [6, 6.07) is 30.0. The standard InChI is InChI=1S/C28H32N2O/c1-3-26(23-10-6-4-7-11-23)28(31)30-20-18-29(19-21-30)27(24-12-8-5-9-13-24)25-16-14-22(2)15-17-25/h4-17,26-27H,3,18-21H2,1-2H3/t26-,27-/m0/s1. The SMILES string of the molecule is CC[C@H](C(=O)N1CCN([C@@H](c2ccccc2)c2ccc(C)cc2)CC1)c1ccccc1. The first-order chi connectivity index (χ1) is 15.2. The molecule has 0 aromatic heterocycles. The van der Waals surface area contributed by atoms with Gasteiger partial charge < -0.3 is 4.90 Å². The number of aryl methyl sites for hydroxylation is 1. The van der Waals surface area contributed by atoms with E-state index in [0.29, 0.717) is 0 Å². The van der Waals surface area contributed by atoms with Crippen LogP contribution in [0.2, 0.25) is 0 Å². The molecule has 0 saturated carbocycles. The maximum absolute atomic E-state index is 13.3. The van der Waals surface area contributed by atoms with Gasteiger partial charge in [-0.25, -0.2) is 0 Å². The molecule has 1 aliphatic rings. The van der Waals surface area contributed by atoms with Gasteiger partial charge in [0.15, 0.2) is 0 Å². The fourth-order valence-electron chi connectivity index (χ4n) is 4.66. The third-order valence-corrected chi connectivity index (χ3v) is 6.41. The molecule has 0 aliphatic carbocycles. The Morgan fingerprint density at radius 3 is 1.81 bits per heavy atom. The number of benzene rings is 3. The molecule has 1 amide bonds. The molecule has 2 atom stereocenters. The number of nitrogens with zero attached hydrogens (tertiary/aromatic N) is 2. The van der Waals surface area contributed by atoms with Crippen LogP contribution in [0.3, 0.4) is 0 Å². The Labute approximate surface area is 186 Å². The lowest BCUT2D eigenvalue weighted by molar-refractivity contribution is -0.134. The molecule has 0 spiro atoms. The molecule has 1 heterocycles. The minimum absolute atomic E-state index is 0.0465. The quantitative estimate of drug-likeness (QED) is 0.539. The minimum Gasteiger partial charge on any atom is -0.340 e. The summed E-state index contributed by atoms with van der Waals surface area (Å²) in [4.78, 5) is 17.9. The van der Waals surface area contributed by atoms with Gasteiger partial charge in [0.25, 0.3) is 0 Å². The summed E-state index contributed by atoms with van der Waals surface area (Å²) in [6.07, 6.45) is 0.832. The summed E-state index contributed by atoms with van der Waals surface area (Å²) in [6.45, 7) is 7.54. The third kappa shape index (κ3) is 4.88. The number of carbonyl (C=O) groups excluding carboxylic acids is 1. The van der Waals surface area contributed by atoms with Gasteiger partial charge in [-0.05, 0) is 30.0 Å². The van der Waals surface area contributed by atoms with E-state index in [1.807, 2.05) is 18.2 Å². The molecule has 3 nitrogen and oxygen atoms in total. The van der Waals surface area contributed by atoms with Gasteiger partial charge in [0.1, 0.15) is 0 Å². The average Bonchev–Trinajstić information content (AvgIpc) is 2.83. The van der Waals surface area contributed by atoms with Crippen LogP contribution in [0.15, 0.2) is 84.9 Å². The monoisotopic (exact) mass is 412 g/mol. The number of hydrogen-bond donors (Lipinski definition) is 0. The highest BCUT2D eigenvalue weighted by Crippen LogP contribution is 2.30. The zero-order valence-corrected chi connectivity index (χ0v) is 18.6. The van der Waals surface area contributed by atoms with Crippen LogP contribution < -0.4 is 0 Å². The van der Waals surface area contributed by atoms with E-state index in [4.69, 9.17) is 0 Å². The Morgan fingerprint density at radius 2 is 1.26 bits per heavy atom. The lowest BCUT2D eigenvalue weighted by Crippen LogP contribution is -2.51. The van der Waals surface area contributed by atoms with Gasteiger partial charge in [-0.1, -0.05) is 97.4 Å². The van der Waals surface area contributed by atoms with Gasteiger partial charge in [-0.15, -0.1) is 0 Å². The van der Waals surface area contributed by atoms with Crippen LogP contribution in [-0.2, 0) is 4.79 Å². The fourth-order valence-corrected chi connectivity index (χ4v) is 4.66. The predicted octanol–water partition coefficient (Wildman–Crippen LogP) is 5.42. The molecule has 3 aromatic carbocycles. The molecule has 4 rings (SSSR count). The number of carbonyl (C=O) groups is 1. The second kappa shape index (κ2) is 9.93. The number of hydrogen-bond acceptors (Lipinski definition) is 2. The second-order valence-electron chi connectivity index (χ2n) is 8.46. The molecule has 0 bridgehead atoms. The van der Waals surface area contributed by atoms with E-state index >= 15 is 0 Å². The summed E-state index contributed by atoms with van der Waals surface area (Å²) in [7, 11) is 0. The summed E-state index contributed by atoms with van der Waals surface area (Å²) in [5.41, 5.74) is 5.02. The highest BCUT2D eigenvalue weighted by atomic mass is 16.2. The Morgan fingerprint density at radius 1 is 0.742 bits per heavy atom. The number of amides is 1. The van der Waals surface area contributed by atoms with Gasteiger partial charge in [0.2, 0.25) is 5.91 Å². The van der Waals surface area contributed by atoms with Gasteiger partial charge in [0.05, 0.1) is 12.0 Å². The molecular formula is C28H32N2O. The van der Waals surface area contributed by atoms with Crippen molar-refractivity contribution in [2.75, 3.05) is 26.2 Å². The van der Waals surface area contributed by atoms with Crippen molar-refractivity contribution in [2.45, 2.75) is 32.2 Å². The smallest absolute Gasteiger partial charge is 0.230 e. The Balaban J connectivity index is 1.50. The summed E-state index contributed by atoms with van der Waals surface area (Å²) < 4.78 is 0. The molecule has 1 aliphatic heterocycles. The first-order valence-electron chi connectivity index (χ1n) is 11.4. The van der Waals surface area contributed by atoms with E-state index < -0.39 is 0 Å². The maximum atomic E-state index is 13.3. The zero-order chi connectivity index (χ0) is 21.6. The molecule has 0 unspecified atom stereocenters. The summed E-state index contributed by atoms with van der Waals surface area (Å²) in [5, 5.41) is 0. The van der Waals surface area contributed by atoms with Crippen molar-refractivity contribution in [3.8, 4) is 0 Å². The van der Waals surface area contributed by atoms with E-state index in [2.05, 4.69) is 90.4 Å². The largest absolute Gasteiger partial charge is 0.340 e. The minimum atomic E-state index is -0.0465. The van der Waals surface area contributed by atoms with Crippen molar-refractivity contribution >= 4 is 5.91 Å². The molecular weight excluding hydrogens is 380 g/mol. The van der Waals surface area contributed by atoms with E-state index in [-0.39, 0.29) is 17.9 Å². The number of rotatable bonds is 6. The van der Waals surface area contributed by atoms with E-state index in [1.165, 1.54) is 16.7 Å². The lowest BCUT2D eigenvalue weighted by Gasteiger charge is -2.40. The van der Waals surface area contributed by atoms with Crippen molar-refractivity contribution in [3.05, 3.63) is 107 Å². The summed E-state index contributed by atoms with van der Waals surface area (Å²) in [5.74, 6) is 0.217. The van der Waals surface area contributed by atoms with Crippen LogP contribution in [0.1, 0.15) is 47.6 Å². The van der Waals surface area contributed by atoms with Crippen LogP contribution in [-0.4, -0.2) is 41.9 Å². The fraction of sp³-hybridized carbons (Fsp3) is 0.321. The van der Waals surface area contributed by atoms with E-state index in [0.717, 1.165) is 38.2 Å². The van der Waals surface area contributed by atoms with Gasteiger partial charge >= 0.3 is 0 Å². The van der Waals surface area contributed by atoms with Gasteiger partial charge in [-0.2, -0.15) is 0 Å². The van der Waals surface area contributed by atoms with Crippen LogP contribution >= 0.6 is 0 Å².